The Labute approximate surface area is 168 Å². The van der Waals surface area contributed by atoms with Gasteiger partial charge in [-0.1, -0.05) is 35.9 Å². The van der Waals surface area contributed by atoms with Crippen LogP contribution < -0.4 is 10.1 Å². The van der Waals surface area contributed by atoms with E-state index in [1.54, 1.807) is 0 Å². The highest BCUT2D eigenvalue weighted by molar-refractivity contribution is 7.15. The number of carbonyl (C=O) groups is 1. The Hall–Kier alpha value is -2.37. The number of hydrogen-bond acceptors (Lipinski definition) is 4. The van der Waals surface area contributed by atoms with Crippen molar-refractivity contribution < 1.29 is 9.53 Å². The maximum absolute atomic E-state index is 12.1. The van der Waals surface area contributed by atoms with E-state index in [-0.39, 0.29) is 12.5 Å². The highest BCUT2D eigenvalue weighted by Crippen LogP contribution is 2.32. The van der Waals surface area contributed by atoms with Gasteiger partial charge in [0.2, 0.25) is 0 Å². The number of rotatable bonds is 6. The summed E-state index contributed by atoms with van der Waals surface area (Å²) in [6.07, 6.45) is 0. The van der Waals surface area contributed by atoms with Gasteiger partial charge in [-0.3, -0.25) is 4.79 Å². The number of nitrogens with one attached hydrogen (secondary N) is 1. The molecule has 1 N–H and O–H groups in total. The van der Waals surface area contributed by atoms with Gasteiger partial charge in [0.25, 0.3) is 5.91 Å². The molecule has 4 nitrogen and oxygen atoms in total. The molecule has 0 aliphatic heterocycles. The van der Waals surface area contributed by atoms with Crippen LogP contribution in [-0.4, -0.2) is 17.5 Å². The van der Waals surface area contributed by atoms with Crippen LogP contribution in [-0.2, 0) is 11.3 Å². The van der Waals surface area contributed by atoms with Crippen molar-refractivity contribution in [3.8, 4) is 16.3 Å². The molecule has 1 aromatic heterocycles. The first kappa shape index (κ1) is 19.4. The van der Waals surface area contributed by atoms with Crippen molar-refractivity contribution in [2.45, 2.75) is 27.3 Å². The zero-order valence-corrected chi connectivity index (χ0v) is 17.1. The summed E-state index contributed by atoms with van der Waals surface area (Å²) in [5.41, 5.74) is 4.02. The molecule has 0 aliphatic carbocycles. The van der Waals surface area contributed by atoms with Crippen molar-refractivity contribution in [2.75, 3.05) is 6.61 Å². The van der Waals surface area contributed by atoms with Gasteiger partial charge in [-0.05, 0) is 50.1 Å². The third kappa shape index (κ3) is 5.08. The Morgan fingerprint density at radius 1 is 1.15 bits per heavy atom. The first-order valence-corrected chi connectivity index (χ1v) is 9.81. The van der Waals surface area contributed by atoms with Crippen molar-refractivity contribution in [1.29, 1.82) is 0 Å². The molecule has 6 heteroatoms. The number of nitrogens with zero attached hydrogens (tertiary/aromatic N) is 1. The standard InChI is InChI=1S/C21H21ClN2O2S/c1-13-8-14(2)10-16(9-13)26-12-20(25)23-11-19-15(3)24-21(27-19)17-6-4-5-7-18(17)22/h4-10H,11-12H2,1-3H3,(H,23,25). The van der Waals surface area contributed by atoms with Crippen molar-refractivity contribution in [3.63, 3.8) is 0 Å². The van der Waals surface area contributed by atoms with Gasteiger partial charge in [0, 0.05) is 10.4 Å². The molecule has 3 aromatic rings. The van der Waals surface area contributed by atoms with E-state index in [1.807, 2.05) is 57.2 Å². The number of carbonyl (C=O) groups excluding carboxylic acids is 1. The van der Waals surface area contributed by atoms with Crippen LogP contribution in [0.3, 0.4) is 0 Å². The van der Waals surface area contributed by atoms with Crippen molar-refractivity contribution in [1.82, 2.24) is 10.3 Å². The Morgan fingerprint density at radius 2 is 1.85 bits per heavy atom. The van der Waals surface area contributed by atoms with Crippen LogP contribution in [0.2, 0.25) is 5.02 Å². The molecule has 0 aliphatic rings. The topological polar surface area (TPSA) is 51.2 Å². The van der Waals surface area contributed by atoms with E-state index in [2.05, 4.69) is 16.4 Å². The van der Waals surface area contributed by atoms with E-state index in [4.69, 9.17) is 16.3 Å². The summed E-state index contributed by atoms with van der Waals surface area (Å²) in [4.78, 5) is 17.7. The SMILES string of the molecule is Cc1cc(C)cc(OCC(=O)NCc2sc(-c3ccccc3Cl)nc2C)c1. The fourth-order valence-electron chi connectivity index (χ4n) is 2.74. The quantitative estimate of drug-likeness (QED) is 0.627. The second kappa shape index (κ2) is 8.55. The summed E-state index contributed by atoms with van der Waals surface area (Å²) < 4.78 is 5.60. The minimum atomic E-state index is -0.166. The summed E-state index contributed by atoms with van der Waals surface area (Å²) >= 11 is 7.79. The molecule has 0 spiro atoms. The Bertz CT molecular complexity index is 948. The lowest BCUT2D eigenvalue weighted by Crippen LogP contribution is -2.28. The van der Waals surface area contributed by atoms with Crippen molar-refractivity contribution in [2.24, 2.45) is 0 Å². The van der Waals surface area contributed by atoms with E-state index in [1.165, 1.54) is 11.3 Å². The number of halogens is 1. The number of thiazole rings is 1. The molecule has 1 heterocycles. The van der Waals surface area contributed by atoms with E-state index in [9.17, 15) is 4.79 Å². The van der Waals surface area contributed by atoms with Crippen LogP contribution in [0.15, 0.2) is 42.5 Å². The molecule has 0 unspecified atom stereocenters. The lowest BCUT2D eigenvalue weighted by Gasteiger charge is -2.08. The Balaban J connectivity index is 1.58. The second-order valence-corrected chi connectivity index (χ2v) is 7.89. The van der Waals surface area contributed by atoms with Gasteiger partial charge in [0.1, 0.15) is 10.8 Å². The van der Waals surface area contributed by atoms with Gasteiger partial charge in [-0.2, -0.15) is 0 Å². The number of amides is 1. The lowest BCUT2D eigenvalue weighted by atomic mass is 10.1. The first-order chi connectivity index (χ1) is 12.9. The van der Waals surface area contributed by atoms with E-state index in [0.29, 0.717) is 17.3 Å². The summed E-state index contributed by atoms with van der Waals surface area (Å²) in [7, 11) is 0. The minimum absolute atomic E-state index is 0.0158. The summed E-state index contributed by atoms with van der Waals surface area (Å²) in [6.45, 7) is 6.34. The zero-order valence-electron chi connectivity index (χ0n) is 15.5. The summed E-state index contributed by atoms with van der Waals surface area (Å²) in [6, 6.07) is 13.5. The van der Waals surface area contributed by atoms with Gasteiger partial charge in [-0.15, -0.1) is 11.3 Å². The zero-order chi connectivity index (χ0) is 19.4. The number of hydrogen-bond donors (Lipinski definition) is 1. The maximum atomic E-state index is 12.1. The molecule has 27 heavy (non-hydrogen) atoms. The monoisotopic (exact) mass is 400 g/mol. The van der Waals surface area contributed by atoms with Crippen molar-refractivity contribution >= 4 is 28.8 Å². The molecule has 0 saturated heterocycles. The summed E-state index contributed by atoms with van der Waals surface area (Å²) in [5.74, 6) is 0.541. The number of ether oxygens (including phenoxy) is 1. The molecule has 0 atom stereocenters. The van der Waals surface area contributed by atoms with Crippen LogP contribution in [0.25, 0.3) is 10.6 Å². The highest BCUT2D eigenvalue weighted by atomic mass is 35.5. The van der Waals surface area contributed by atoms with Crippen LogP contribution in [0, 0.1) is 20.8 Å². The second-order valence-electron chi connectivity index (χ2n) is 6.40. The van der Waals surface area contributed by atoms with Gasteiger partial charge in [-0.25, -0.2) is 4.98 Å². The predicted molar refractivity (Wildman–Crippen MR) is 111 cm³/mol. The maximum Gasteiger partial charge on any atom is 0.258 e. The normalized spacial score (nSPS) is 10.7. The third-order valence-corrected chi connectivity index (χ3v) is 5.53. The number of benzene rings is 2. The fourth-order valence-corrected chi connectivity index (χ4v) is 4.06. The molecule has 0 radical (unpaired) electrons. The number of aryl methyl sites for hydroxylation is 3. The van der Waals surface area contributed by atoms with Gasteiger partial charge < -0.3 is 10.1 Å². The van der Waals surface area contributed by atoms with Gasteiger partial charge >= 0.3 is 0 Å². The van der Waals surface area contributed by atoms with Gasteiger partial charge in [0.15, 0.2) is 6.61 Å². The van der Waals surface area contributed by atoms with Crippen LogP contribution in [0.1, 0.15) is 21.7 Å². The minimum Gasteiger partial charge on any atom is -0.484 e. The molecular formula is C21H21ClN2O2S. The largest absolute Gasteiger partial charge is 0.484 e. The van der Waals surface area contributed by atoms with Crippen LogP contribution in [0.5, 0.6) is 5.75 Å². The molecule has 3 rings (SSSR count). The highest BCUT2D eigenvalue weighted by Gasteiger charge is 2.13. The van der Waals surface area contributed by atoms with Crippen LogP contribution >= 0.6 is 22.9 Å². The fraction of sp³-hybridized carbons (Fsp3) is 0.238. The Kier molecular flexibility index (Phi) is 6.14. The lowest BCUT2D eigenvalue weighted by molar-refractivity contribution is -0.123. The molecule has 0 fully saturated rings. The number of aromatic nitrogens is 1. The smallest absolute Gasteiger partial charge is 0.258 e. The summed E-state index contributed by atoms with van der Waals surface area (Å²) in [5, 5.41) is 4.42. The molecule has 140 valence electrons. The predicted octanol–water partition coefficient (Wildman–Crippen LogP) is 5.08. The van der Waals surface area contributed by atoms with Gasteiger partial charge in [0.05, 0.1) is 17.3 Å². The van der Waals surface area contributed by atoms with E-state index >= 15 is 0 Å². The van der Waals surface area contributed by atoms with Crippen molar-refractivity contribution in [3.05, 3.63) is 69.2 Å². The van der Waals surface area contributed by atoms with E-state index in [0.717, 1.165) is 32.3 Å². The van der Waals surface area contributed by atoms with Crippen LogP contribution in [0.4, 0.5) is 0 Å². The molecule has 1 amide bonds. The van der Waals surface area contributed by atoms with E-state index < -0.39 is 0 Å². The third-order valence-electron chi connectivity index (χ3n) is 4.01. The molecule has 2 aromatic carbocycles. The average Bonchev–Trinajstić information content (AvgIpc) is 2.98. The molecule has 0 saturated carbocycles. The Morgan fingerprint density at radius 3 is 2.56 bits per heavy atom. The molecule has 0 bridgehead atoms. The average molecular weight is 401 g/mol. The first-order valence-electron chi connectivity index (χ1n) is 8.61. The molecular weight excluding hydrogens is 380 g/mol.